The fourth-order valence-electron chi connectivity index (χ4n) is 4.61. The van der Waals surface area contributed by atoms with Crippen LogP contribution in [0, 0.1) is 0 Å². The molecule has 2 N–H and O–H groups in total. The highest BCUT2D eigenvalue weighted by Crippen LogP contribution is 2.32. The number of carbonyl (C=O) groups excluding carboxylic acids is 3. The standard InChI is InChI=1S/C26H32N4O6/c1-30-21-5-4-19(14-24(31)28-12-9-17-7-10-27-11-8-17)36-23(21)15-35-22-6-3-18(13-20(22)26(30)33)29-25(32)16-34-2/h3,6-8,10-11,13,19,21,23H,4-5,9,12,14-16H2,1-2H3,(H,28,31)(H,29,32)/t19-,21+,23-/m0/s1. The molecule has 1 fully saturated rings. The van der Waals surface area contributed by atoms with Gasteiger partial charge in [0.1, 0.15) is 25.1 Å². The van der Waals surface area contributed by atoms with E-state index in [9.17, 15) is 14.4 Å². The SMILES string of the molecule is COCC(=O)Nc1ccc2c(c1)C(=O)N(C)[C@@H]1CC[C@@H](CC(=O)NCCc3ccncc3)O[C@H]1CO2. The average Bonchev–Trinajstić information content (AvgIpc) is 2.87. The predicted octanol–water partition coefficient (Wildman–Crippen LogP) is 1.80. The molecule has 0 aliphatic carbocycles. The summed E-state index contributed by atoms with van der Waals surface area (Å²) in [6.45, 7) is 0.726. The third-order valence-corrected chi connectivity index (χ3v) is 6.47. The van der Waals surface area contributed by atoms with Crippen molar-refractivity contribution in [2.75, 3.05) is 39.2 Å². The molecule has 3 amide bonds. The predicted molar refractivity (Wildman–Crippen MR) is 132 cm³/mol. The Kier molecular flexibility index (Phi) is 8.50. The Balaban J connectivity index is 1.34. The minimum absolute atomic E-state index is 0.0582. The number of pyridine rings is 1. The molecule has 10 heteroatoms. The first kappa shape index (κ1) is 25.6. The molecular weight excluding hydrogens is 464 g/mol. The summed E-state index contributed by atoms with van der Waals surface area (Å²) in [5.41, 5.74) is 1.99. The van der Waals surface area contributed by atoms with E-state index in [2.05, 4.69) is 15.6 Å². The van der Waals surface area contributed by atoms with Crippen LogP contribution in [-0.2, 0) is 25.5 Å². The number of ether oxygens (including phenoxy) is 3. The normalized spacial score (nSPS) is 21.3. The van der Waals surface area contributed by atoms with E-state index in [1.54, 1.807) is 42.5 Å². The summed E-state index contributed by atoms with van der Waals surface area (Å²) in [5, 5.41) is 5.67. The van der Waals surface area contributed by atoms with Crippen LogP contribution in [0.4, 0.5) is 5.69 Å². The topological polar surface area (TPSA) is 119 Å². The number of benzene rings is 1. The van der Waals surface area contributed by atoms with Gasteiger partial charge in [0.2, 0.25) is 11.8 Å². The van der Waals surface area contributed by atoms with Crippen molar-refractivity contribution in [2.24, 2.45) is 0 Å². The lowest BCUT2D eigenvalue weighted by Gasteiger charge is -2.42. The van der Waals surface area contributed by atoms with Crippen molar-refractivity contribution in [3.63, 3.8) is 0 Å². The molecule has 0 bridgehead atoms. The van der Waals surface area contributed by atoms with Gasteiger partial charge in [-0.15, -0.1) is 0 Å². The molecule has 36 heavy (non-hydrogen) atoms. The van der Waals surface area contributed by atoms with Gasteiger partial charge in [-0.1, -0.05) is 0 Å². The molecule has 192 valence electrons. The summed E-state index contributed by atoms with van der Waals surface area (Å²) in [5.74, 6) is -0.150. The maximum Gasteiger partial charge on any atom is 0.257 e. The van der Waals surface area contributed by atoms with Crippen molar-refractivity contribution in [3.05, 3.63) is 53.9 Å². The van der Waals surface area contributed by atoms with E-state index in [0.29, 0.717) is 36.4 Å². The molecular formula is C26H32N4O6. The highest BCUT2D eigenvalue weighted by molar-refractivity contribution is 6.00. The number of hydrogen-bond donors (Lipinski definition) is 2. The summed E-state index contributed by atoms with van der Waals surface area (Å²) in [4.78, 5) is 43.3. The third kappa shape index (κ3) is 6.38. The zero-order chi connectivity index (χ0) is 25.5. The van der Waals surface area contributed by atoms with E-state index in [-0.39, 0.29) is 55.6 Å². The third-order valence-electron chi connectivity index (χ3n) is 6.47. The number of methoxy groups -OCH3 is 1. The second-order valence-corrected chi connectivity index (χ2v) is 9.02. The maximum atomic E-state index is 13.3. The Bertz CT molecular complexity index is 1080. The molecule has 0 radical (unpaired) electrons. The molecule has 2 aliphatic rings. The van der Waals surface area contributed by atoms with Gasteiger partial charge >= 0.3 is 0 Å². The van der Waals surface area contributed by atoms with E-state index in [4.69, 9.17) is 14.2 Å². The molecule has 3 atom stereocenters. The van der Waals surface area contributed by atoms with Crippen LogP contribution in [-0.4, -0.2) is 79.8 Å². The van der Waals surface area contributed by atoms with Crippen LogP contribution in [0.1, 0.15) is 35.2 Å². The Hall–Kier alpha value is -3.50. The van der Waals surface area contributed by atoms with Gasteiger partial charge in [0.25, 0.3) is 5.91 Å². The number of rotatable bonds is 8. The summed E-state index contributed by atoms with van der Waals surface area (Å²) in [7, 11) is 3.19. The summed E-state index contributed by atoms with van der Waals surface area (Å²) in [6, 6.07) is 8.65. The summed E-state index contributed by atoms with van der Waals surface area (Å²) >= 11 is 0. The van der Waals surface area contributed by atoms with Gasteiger partial charge in [0.15, 0.2) is 0 Å². The number of fused-ring (bicyclic) bond motifs is 2. The lowest BCUT2D eigenvalue weighted by molar-refractivity contribution is -0.134. The lowest BCUT2D eigenvalue weighted by Crippen LogP contribution is -2.54. The molecule has 10 nitrogen and oxygen atoms in total. The van der Waals surface area contributed by atoms with Crippen molar-refractivity contribution in [1.82, 2.24) is 15.2 Å². The van der Waals surface area contributed by atoms with E-state index < -0.39 is 0 Å². The largest absolute Gasteiger partial charge is 0.490 e. The van der Waals surface area contributed by atoms with Crippen LogP contribution in [0.2, 0.25) is 0 Å². The number of hydrogen-bond acceptors (Lipinski definition) is 7. The number of anilines is 1. The zero-order valence-electron chi connectivity index (χ0n) is 20.6. The van der Waals surface area contributed by atoms with Crippen molar-refractivity contribution in [1.29, 1.82) is 0 Å². The van der Waals surface area contributed by atoms with Crippen molar-refractivity contribution < 1.29 is 28.6 Å². The van der Waals surface area contributed by atoms with Crippen LogP contribution in [0.25, 0.3) is 0 Å². The smallest absolute Gasteiger partial charge is 0.257 e. The fourth-order valence-corrected chi connectivity index (χ4v) is 4.61. The van der Waals surface area contributed by atoms with E-state index >= 15 is 0 Å². The lowest BCUT2D eigenvalue weighted by atomic mass is 9.94. The number of aromatic nitrogens is 1. The molecule has 0 spiro atoms. The molecule has 2 aliphatic heterocycles. The molecule has 2 aromatic rings. The molecule has 0 saturated carbocycles. The minimum Gasteiger partial charge on any atom is -0.490 e. The van der Waals surface area contributed by atoms with Crippen LogP contribution in [0.5, 0.6) is 5.75 Å². The van der Waals surface area contributed by atoms with Gasteiger partial charge in [0, 0.05) is 38.8 Å². The van der Waals surface area contributed by atoms with Crippen molar-refractivity contribution in [3.8, 4) is 5.75 Å². The quantitative estimate of drug-likeness (QED) is 0.572. The second kappa shape index (κ2) is 12.0. The monoisotopic (exact) mass is 496 g/mol. The van der Waals surface area contributed by atoms with Crippen molar-refractivity contribution >= 4 is 23.4 Å². The number of amides is 3. The summed E-state index contributed by atoms with van der Waals surface area (Å²) in [6.07, 6.45) is 5.25. The first-order chi connectivity index (χ1) is 17.4. The van der Waals surface area contributed by atoms with Gasteiger partial charge in [-0.25, -0.2) is 0 Å². The van der Waals surface area contributed by atoms with E-state index in [1.807, 2.05) is 12.1 Å². The van der Waals surface area contributed by atoms with Gasteiger partial charge in [-0.05, 0) is 55.2 Å². The van der Waals surface area contributed by atoms with E-state index in [1.165, 1.54) is 7.11 Å². The Labute approximate surface area is 210 Å². The molecule has 0 unspecified atom stereocenters. The van der Waals surface area contributed by atoms with Crippen LogP contribution < -0.4 is 15.4 Å². The highest BCUT2D eigenvalue weighted by atomic mass is 16.5. The molecule has 4 rings (SSSR count). The first-order valence-electron chi connectivity index (χ1n) is 12.1. The molecule has 3 heterocycles. The van der Waals surface area contributed by atoms with Gasteiger partial charge in [-0.2, -0.15) is 0 Å². The Morgan fingerprint density at radius 1 is 1.17 bits per heavy atom. The van der Waals surface area contributed by atoms with Crippen LogP contribution >= 0.6 is 0 Å². The van der Waals surface area contributed by atoms with Gasteiger partial charge in [0.05, 0.1) is 24.1 Å². The van der Waals surface area contributed by atoms with Crippen LogP contribution in [0.15, 0.2) is 42.7 Å². The summed E-state index contributed by atoms with van der Waals surface area (Å²) < 4.78 is 17.1. The Morgan fingerprint density at radius 2 is 1.97 bits per heavy atom. The first-order valence-corrected chi connectivity index (χ1v) is 12.1. The maximum absolute atomic E-state index is 13.3. The molecule has 1 aromatic heterocycles. The minimum atomic E-state index is -0.350. The van der Waals surface area contributed by atoms with Gasteiger partial charge in [-0.3, -0.25) is 19.4 Å². The molecule has 1 saturated heterocycles. The Morgan fingerprint density at radius 3 is 2.75 bits per heavy atom. The number of nitrogens with zero attached hydrogens (tertiary/aromatic N) is 2. The highest BCUT2D eigenvalue weighted by Gasteiger charge is 2.39. The zero-order valence-corrected chi connectivity index (χ0v) is 20.6. The fraction of sp³-hybridized carbons (Fsp3) is 0.462. The van der Waals surface area contributed by atoms with Gasteiger partial charge < -0.3 is 29.7 Å². The van der Waals surface area contributed by atoms with Crippen LogP contribution in [0.3, 0.4) is 0 Å². The second-order valence-electron chi connectivity index (χ2n) is 9.02. The average molecular weight is 497 g/mol. The number of carbonyl (C=O) groups is 3. The molecule has 1 aromatic carbocycles. The number of likely N-dealkylation sites (N-methyl/N-ethyl adjacent to an activating group) is 1. The van der Waals surface area contributed by atoms with E-state index in [0.717, 1.165) is 12.0 Å². The number of nitrogens with one attached hydrogen (secondary N) is 2. The van der Waals surface area contributed by atoms with Crippen molar-refractivity contribution in [2.45, 2.75) is 43.9 Å².